The first kappa shape index (κ1) is 11.2. The van der Waals surface area contributed by atoms with Crippen LogP contribution in [0.15, 0.2) is 24.3 Å². The van der Waals surface area contributed by atoms with Crippen molar-refractivity contribution in [2.75, 3.05) is 18.5 Å². The Hall–Kier alpha value is -1.88. The van der Waals surface area contributed by atoms with Crippen LogP contribution in [0.2, 0.25) is 0 Å². The van der Waals surface area contributed by atoms with Crippen LogP contribution >= 0.6 is 0 Å². The van der Waals surface area contributed by atoms with E-state index < -0.39 is 12.6 Å². The Morgan fingerprint density at radius 2 is 1.80 bits per heavy atom. The van der Waals surface area contributed by atoms with E-state index in [1.54, 1.807) is 12.1 Å². The van der Waals surface area contributed by atoms with Gasteiger partial charge in [0.25, 0.3) is 0 Å². The number of ketones is 1. The topological polar surface area (TPSA) is 86.6 Å². The van der Waals surface area contributed by atoms with E-state index in [1.807, 2.05) is 0 Å². The van der Waals surface area contributed by atoms with Crippen LogP contribution in [0, 0.1) is 0 Å². The number of hydrogen-bond donors (Lipinski definition) is 3. The summed E-state index contributed by atoms with van der Waals surface area (Å²) in [6, 6.07) is 6.00. The number of anilines is 1. The molecule has 0 saturated heterocycles. The maximum atomic E-state index is 10.8. The lowest BCUT2D eigenvalue weighted by Gasteiger charge is -2.04. The third kappa shape index (κ3) is 3.40. The highest BCUT2D eigenvalue weighted by Crippen LogP contribution is 2.08. The molecule has 0 aliphatic carbocycles. The minimum atomic E-state index is -0.993. The third-order valence-electron chi connectivity index (χ3n) is 1.80. The molecule has 0 atom stereocenters. The number of nitrogens with one attached hydrogen (secondary N) is 1. The average Bonchev–Trinajstić information content (AvgIpc) is 2.26. The molecular formula is C10H11NO4. The molecule has 0 aromatic heterocycles. The molecule has 5 heteroatoms. The van der Waals surface area contributed by atoms with E-state index in [0.717, 1.165) is 0 Å². The predicted octanol–water partition coefficient (Wildman–Crippen LogP) is 0.358. The zero-order chi connectivity index (χ0) is 11.3. The molecule has 1 aromatic rings. The average molecular weight is 209 g/mol. The van der Waals surface area contributed by atoms with Gasteiger partial charge in [0, 0.05) is 5.69 Å². The standard InChI is InChI=1S/C10H11NO4/c12-6-9(13)5-11-8-3-1-7(2-4-8)10(14)15/h1-4,11-12H,5-6H2,(H,14,15). The Labute approximate surface area is 86.4 Å². The Kier molecular flexibility index (Phi) is 3.82. The lowest BCUT2D eigenvalue weighted by atomic mass is 10.2. The fraction of sp³-hybridized carbons (Fsp3) is 0.200. The van der Waals surface area contributed by atoms with Crippen LogP contribution in [0.5, 0.6) is 0 Å². The molecule has 0 amide bonds. The molecule has 1 aromatic carbocycles. The number of aliphatic hydroxyl groups excluding tert-OH is 1. The van der Waals surface area contributed by atoms with Crippen LogP contribution in [0.25, 0.3) is 0 Å². The molecule has 0 aliphatic rings. The lowest BCUT2D eigenvalue weighted by Crippen LogP contribution is -2.16. The van der Waals surface area contributed by atoms with Crippen molar-refractivity contribution in [3.8, 4) is 0 Å². The van der Waals surface area contributed by atoms with Crippen molar-refractivity contribution in [1.82, 2.24) is 0 Å². The number of benzene rings is 1. The van der Waals surface area contributed by atoms with Crippen LogP contribution in [-0.4, -0.2) is 35.1 Å². The van der Waals surface area contributed by atoms with Crippen LogP contribution in [0.1, 0.15) is 10.4 Å². The molecule has 0 heterocycles. The highest BCUT2D eigenvalue weighted by molar-refractivity contribution is 5.88. The Bertz CT molecular complexity index is 358. The molecule has 0 unspecified atom stereocenters. The smallest absolute Gasteiger partial charge is 0.335 e. The van der Waals surface area contributed by atoms with Crippen LogP contribution in [-0.2, 0) is 4.79 Å². The number of rotatable bonds is 5. The molecule has 0 saturated carbocycles. The molecule has 0 fully saturated rings. The van der Waals surface area contributed by atoms with Gasteiger partial charge >= 0.3 is 5.97 Å². The second-order valence-electron chi connectivity index (χ2n) is 2.93. The molecule has 1 rings (SSSR count). The lowest BCUT2D eigenvalue weighted by molar-refractivity contribution is -0.120. The van der Waals surface area contributed by atoms with Crippen molar-refractivity contribution in [2.24, 2.45) is 0 Å². The number of aliphatic hydroxyl groups is 1. The SMILES string of the molecule is O=C(CO)CNc1ccc(C(=O)O)cc1. The first-order chi connectivity index (χ1) is 7.13. The Morgan fingerprint density at radius 3 is 2.27 bits per heavy atom. The second kappa shape index (κ2) is 5.11. The summed E-state index contributed by atoms with van der Waals surface area (Å²) in [5.74, 6) is -1.31. The summed E-state index contributed by atoms with van der Waals surface area (Å²) in [6.45, 7) is -0.469. The van der Waals surface area contributed by atoms with Gasteiger partial charge in [0.1, 0.15) is 6.61 Å². The predicted molar refractivity (Wildman–Crippen MR) is 54.0 cm³/mol. The van der Waals surface area contributed by atoms with Crippen molar-refractivity contribution in [3.63, 3.8) is 0 Å². The van der Waals surface area contributed by atoms with Gasteiger partial charge in [0.2, 0.25) is 0 Å². The van der Waals surface area contributed by atoms with E-state index in [0.29, 0.717) is 5.69 Å². The summed E-state index contributed by atoms with van der Waals surface area (Å²) in [5, 5.41) is 19.8. The van der Waals surface area contributed by atoms with Crippen molar-refractivity contribution in [3.05, 3.63) is 29.8 Å². The van der Waals surface area contributed by atoms with Crippen molar-refractivity contribution < 1.29 is 19.8 Å². The number of carboxylic acid groups (broad SMARTS) is 1. The van der Waals surface area contributed by atoms with Gasteiger partial charge in [-0.15, -0.1) is 0 Å². The van der Waals surface area contributed by atoms with E-state index in [1.165, 1.54) is 12.1 Å². The largest absolute Gasteiger partial charge is 0.478 e. The third-order valence-corrected chi connectivity index (χ3v) is 1.80. The fourth-order valence-electron chi connectivity index (χ4n) is 0.987. The summed E-state index contributed by atoms with van der Waals surface area (Å²) in [7, 11) is 0. The number of carboxylic acids is 1. The quantitative estimate of drug-likeness (QED) is 0.651. The highest BCUT2D eigenvalue weighted by Gasteiger charge is 2.02. The Morgan fingerprint density at radius 1 is 1.20 bits per heavy atom. The van der Waals surface area contributed by atoms with Crippen LogP contribution in [0.4, 0.5) is 5.69 Å². The molecule has 5 nitrogen and oxygen atoms in total. The molecule has 15 heavy (non-hydrogen) atoms. The van der Waals surface area contributed by atoms with Gasteiger partial charge in [0.15, 0.2) is 5.78 Å². The molecule has 3 N–H and O–H groups in total. The molecule has 0 aliphatic heterocycles. The summed E-state index contributed by atoms with van der Waals surface area (Å²) in [5.41, 5.74) is 0.829. The monoisotopic (exact) mass is 209 g/mol. The Balaban J connectivity index is 2.57. The van der Waals surface area contributed by atoms with Crippen molar-refractivity contribution in [2.45, 2.75) is 0 Å². The number of carbonyl (C=O) groups excluding carboxylic acids is 1. The van der Waals surface area contributed by atoms with E-state index in [9.17, 15) is 9.59 Å². The number of Topliss-reactive ketones (excluding diaryl/α,β-unsaturated/α-hetero) is 1. The minimum absolute atomic E-state index is 0.0307. The van der Waals surface area contributed by atoms with Crippen molar-refractivity contribution in [1.29, 1.82) is 0 Å². The molecular weight excluding hydrogens is 198 g/mol. The number of hydrogen-bond acceptors (Lipinski definition) is 4. The van der Waals surface area contributed by atoms with E-state index in [2.05, 4.69) is 5.32 Å². The first-order valence-electron chi connectivity index (χ1n) is 4.33. The number of carbonyl (C=O) groups is 2. The van der Waals surface area contributed by atoms with Crippen LogP contribution in [0.3, 0.4) is 0 Å². The van der Waals surface area contributed by atoms with Gasteiger partial charge in [-0.1, -0.05) is 0 Å². The van der Waals surface area contributed by atoms with E-state index >= 15 is 0 Å². The maximum Gasteiger partial charge on any atom is 0.335 e. The van der Waals surface area contributed by atoms with E-state index in [4.69, 9.17) is 10.2 Å². The van der Waals surface area contributed by atoms with Gasteiger partial charge in [-0.05, 0) is 24.3 Å². The maximum absolute atomic E-state index is 10.8. The highest BCUT2D eigenvalue weighted by atomic mass is 16.4. The molecule has 0 bridgehead atoms. The molecule has 80 valence electrons. The van der Waals surface area contributed by atoms with E-state index in [-0.39, 0.29) is 17.9 Å². The summed E-state index contributed by atoms with van der Waals surface area (Å²) in [6.07, 6.45) is 0. The van der Waals surface area contributed by atoms with Crippen molar-refractivity contribution >= 4 is 17.4 Å². The minimum Gasteiger partial charge on any atom is -0.478 e. The van der Waals surface area contributed by atoms with Gasteiger partial charge in [-0.25, -0.2) is 4.79 Å². The van der Waals surface area contributed by atoms with Gasteiger partial charge in [-0.2, -0.15) is 0 Å². The zero-order valence-corrected chi connectivity index (χ0v) is 7.93. The first-order valence-corrected chi connectivity index (χ1v) is 4.33. The van der Waals surface area contributed by atoms with Crippen LogP contribution < -0.4 is 5.32 Å². The number of aromatic carboxylic acids is 1. The second-order valence-corrected chi connectivity index (χ2v) is 2.93. The summed E-state index contributed by atoms with van der Waals surface area (Å²) >= 11 is 0. The molecule has 0 radical (unpaired) electrons. The summed E-state index contributed by atoms with van der Waals surface area (Å²) < 4.78 is 0. The normalized spacial score (nSPS) is 9.67. The molecule has 0 spiro atoms. The zero-order valence-electron chi connectivity index (χ0n) is 7.93. The summed E-state index contributed by atoms with van der Waals surface area (Å²) in [4.78, 5) is 21.3. The van der Waals surface area contributed by atoms with Gasteiger partial charge in [-0.3, -0.25) is 4.79 Å². The fourth-order valence-corrected chi connectivity index (χ4v) is 0.987. The van der Waals surface area contributed by atoms with Gasteiger partial charge in [0.05, 0.1) is 12.1 Å². The van der Waals surface area contributed by atoms with Gasteiger partial charge < -0.3 is 15.5 Å².